The maximum atomic E-state index is 12.2. The topological polar surface area (TPSA) is 41.6 Å². The van der Waals surface area contributed by atoms with Crippen molar-refractivity contribution in [1.82, 2.24) is 10.2 Å². The van der Waals surface area contributed by atoms with Gasteiger partial charge in [0.2, 0.25) is 0 Å². The van der Waals surface area contributed by atoms with Gasteiger partial charge in [-0.2, -0.15) is 0 Å². The van der Waals surface area contributed by atoms with Crippen LogP contribution in [0.4, 0.5) is 4.79 Å². The lowest BCUT2D eigenvalue weighted by molar-refractivity contribution is 0.0753. The third-order valence-corrected chi connectivity index (χ3v) is 4.09. The van der Waals surface area contributed by atoms with E-state index in [4.69, 9.17) is 4.74 Å². The van der Waals surface area contributed by atoms with E-state index in [0.29, 0.717) is 12.6 Å². The molecule has 1 N–H and O–H groups in total. The molecule has 1 aromatic carbocycles. The van der Waals surface area contributed by atoms with Gasteiger partial charge in [-0.05, 0) is 25.5 Å². The minimum absolute atomic E-state index is 0.233. The van der Waals surface area contributed by atoms with E-state index >= 15 is 0 Å². The Morgan fingerprint density at radius 3 is 2.70 bits per heavy atom. The van der Waals surface area contributed by atoms with E-state index < -0.39 is 0 Å². The van der Waals surface area contributed by atoms with Gasteiger partial charge < -0.3 is 15.0 Å². The van der Waals surface area contributed by atoms with E-state index in [1.54, 1.807) is 4.90 Å². The number of hydrogen-bond acceptors (Lipinski definition) is 3. The van der Waals surface area contributed by atoms with Crippen molar-refractivity contribution in [2.75, 3.05) is 14.1 Å². The highest BCUT2D eigenvalue weighted by Gasteiger charge is 2.30. The molecule has 1 aromatic rings. The SMILES string of the molecule is CN[C@@H]1CCCC[C@@H]1N(C)C(=O)OCc1ccccc1. The Balaban J connectivity index is 1.87. The van der Waals surface area contributed by atoms with E-state index in [9.17, 15) is 4.79 Å². The van der Waals surface area contributed by atoms with Gasteiger partial charge in [-0.3, -0.25) is 0 Å². The number of carbonyl (C=O) groups excluding carboxylic acids is 1. The summed E-state index contributed by atoms with van der Waals surface area (Å²) in [5.41, 5.74) is 1.02. The fourth-order valence-corrected chi connectivity index (χ4v) is 2.87. The molecule has 0 heterocycles. The molecule has 0 bridgehead atoms. The second-order valence-corrected chi connectivity index (χ2v) is 5.40. The summed E-state index contributed by atoms with van der Waals surface area (Å²) < 4.78 is 5.40. The molecule has 0 spiro atoms. The molecule has 20 heavy (non-hydrogen) atoms. The highest BCUT2D eigenvalue weighted by atomic mass is 16.6. The molecule has 1 amide bonds. The number of amides is 1. The normalized spacial score (nSPS) is 22.3. The van der Waals surface area contributed by atoms with Gasteiger partial charge in [0.1, 0.15) is 6.61 Å². The van der Waals surface area contributed by atoms with Crippen molar-refractivity contribution in [2.24, 2.45) is 0 Å². The summed E-state index contributed by atoms with van der Waals surface area (Å²) in [6, 6.07) is 10.4. The van der Waals surface area contributed by atoms with Gasteiger partial charge in [0.15, 0.2) is 0 Å². The van der Waals surface area contributed by atoms with Crippen LogP contribution in [0.1, 0.15) is 31.2 Å². The molecule has 4 nitrogen and oxygen atoms in total. The fourth-order valence-electron chi connectivity index (χ4n) is 2.87. The van der Waals surface area contributed by atoms with Crippen molar-refractivity contribution in [2.45, 2.75) is 44.4 Å². The zero-order valence-corrected chi connectivity index (χ0v) is 12.3. The summed E-state index contributed by atoms with van der Waals surface area (Å²) in [5, 5.41) is 3.31. The Morgan fingerprint density at radius 2 is 2.00 bits per heavy atom. The standard InChI is InChI=1S/C16H24N2O2/c1-17-14-10-6-7-11-15(14)18(2)16(19)20-12-13-8-4-3-5-9-13/h3-5,8-9,14-15,17H,6-7,10-12H2,1-2H3/t14-,15+/m1/s1. The molecule has 0 radical (unpaired) electrons. The molecule has 1 aliphatic rings. The molecule has 110 valence electrons. The minimum atomic E-state index is -0.235. The molecule has 1 aliphatic carbocycles. The molecule has 0 unspecified atom stereocenters. The van der Waals surface area contributed by atoms with Gasteiger partial charge >= 0.3 is 6.09 Å². The molecule has 0 aliphatic heterocycles. The largest absolute Gasteiger partial charge is 0.445 e. The van der Waals surface area contributed by atoms with Gasteiger partial charge in [0.25, 0.3) is 0 Å². The first-order chi connectivity index (χ1) is 9.72. The lowest BCUT2D eigenvalue weighted by Crippen LogP contribution is -2.51. The Hall–Kier alpha value is -1.55. The van der Waals surface area contributed by atoms with Crippen molar-refractivity contribution in [3.8, 4) is 0 Å². The van der Waals surface area contributed by atoms with Crippen LogP contribution in [0.25, 0.3) is 0 Å². The van der Waals surface area contributed by atoms with Crippen molar-refractivity contribution >= 4 is 6.09 Å². The average Bonchev–Trinajstić information content (AvgIpc) is 2.52. The fraction of sp³-hybridized carbons (Fsp3) is 0.562. The van der Waals surface area contributed by atoms with E-state index in [0.717, 1.165) is 18.4 Å². The molecular weight excluding hydrogens is 252 g/mol. The van der Waals surface area contributed by atoms with E-state index in [1.165, 1.54) is 12.8 Å². The number of likely N-dealkylation sites (N-methyl/N-ethyl adjacent to an activating group) is 2. The van der Waals surface area contributed by atoms with E-state index in [-0.39, 0.29) is 12.1 Å². The third-order valence-electron chi connectivity index (χ3n) is 4.09. The van der Waals surface area contributed by atoms with E-state index in [2.05, 4.69) is 5.32 Å². The molecule has 0 saturated heterocycles. The zero-order valence-electron chi connectivity index (χ0n) is 12.3. The Labute approximate surface area is 121 Å². The molecule has 2 rings (SSSR count). The van der Waals surface area contributed by atoms with Crippen LogP contribution in [0, 0.1) is 0 Å². The number of rotatable bonds is 4. The van der Waals surface area contributed by atoms with Gasteiger partial charge in [-0.1, -0.05) is 43.2 Å². The molecule has 0 aromatic heterocycles. The third kappa shape index (κ3) is 3.73. The van der Waals surface area contributed by atoms with Crippen molar-refractivity contribution in [1.29, 1.82) is 0 Å². The van der Waals surface area contributed by atoms with E-state index in [1.807, 2.05) is 44.4 Å². The first-order valence-corrected chi connectivity index (χ1v) is 7.33. The van der Waals surface area contributed by atoms with Crippen molar-refractivity contribution in [3.63, 3.8) is 0 Å². The molecular formula is C16H24N2O2. The monoisotopic (exact) mass is 276 g/mol. The predicted octanol–water partition coefficient (Wildman–Crippen LogP) is 2.79. The lowest BCUT2D eigenvalue weighted by atomic mass is 9.90. The van der Waals surface area contributed by atoms with Gasteiger partial charge in [-0.25, -0.2) is 4.79 Å². The van der Waals surface area contributed by atoms with Crippen LogP contribution in [-0.2, 0) is 11.3 Å². The second-order valence-electron chi connectivity index (χ2n) is 5.40. The Bertz CT molecular complexity index is 422. The van der Waals surface area contributed by atoms with Crippen molar-refractivity contribution in [3.05, 3.63) is 35.9 Å². The van der Waals surface area contributed by atoms with Crippen LogP contribution < -0.4 is 5.32 Å². The average molecular weight is 276 g/mol. The number of carbonyl (C=O) groups is 1. The van der Waals surface area contributed by atoms with Crippen molar-refractivity contribution < 1.29 is 9.53 Å². The first-order valence-electron chi connectivity index (χ1n) is 7.33. The zero-order chi connectivity index (χ0) is 14.4. The summed E-state index contributed by atoms with van der Waals surface area (Å²) in [6.07, 6.45) is 4.34. The van der Waals surface area contributed by atoms with Crippen LogP contribution in [0.2, 0.25) is 0 Å². The summed E-state index contributed by atoms with van der Waals surface area (Å²) in [5.74, 6) is 0. The quantitative estimate of drug-likeness (QED) is 0.919. The predicted molar refractivity (Wildman–Crippen MR) is 79.5 cm³/mol. The van der Waals surface area contributed by atoms with Crippen LogP contribution in [0.5, 0.6) is 0 Å². The van der Waals surface area contributed by atoms with Gasteiger partial charge in [-0.15, -0.1) is 0 Å². The van der Waals surface area contributed by atoms with Crippen LogP contribution >= 0.6 is 0 Å². The number of ether oxygens (including phenoxy) is 1. The smallest absolute Gasteiger partial charge is 0.410 e. The second kappa shape index (κ2) is 7.29. The minimum Gasteiger partial charge on any atom is -0.445 e. The molecule has 1 saturated carbocycles. The van der Waals surface area contributed by atoms with Gasteiger partial charge in [0, 0.05) is 19.1 Å². The summed E-state index contributed by atoms with van der Waals surface area (Å²) in [7, 11) is 3.81. The number of nitrogens with zero attached hydrogens (tertiary/aromatic N) is 1. The summed E-state index contributed by atoms with van der Waals surface area (Å²) in [4.78, 5) is 13.9. The molecule has 1 fully saturated rings. The molecule has 2 atom stereocenters. The first kappa shape index (κ1) is 14.9. The number of benzene rings is 1. The van der Waals surface area contributed by atoms with Crippen LogP contribution in [-0.4, -0.2) is 37.2 Å². The lowest BCUT2D eigenvalue weighted by Gasteiger charge is -2.37. The summed E-state index contributed by atoms with van der Waals surface area (Å²) >= 11 is 0. The number of nitrogens with one attached hydrogen (secondary N) is 1. The van der Waals surface area contributed by atoms with Gasteiger partial charge in [0.05, 0.1) is 0 Å². The Morgan fingerprint density at radius 1 is 1.30 bits per heavy atom. The Kier molecular flexibility index (Phi) is 5.41. The maximum Gasteiger partial charge on any atom is 0.410 e. The highest BCUT2D eigenvalue weighted by Crippen LogP contribution is 2.22. The maximum absolute atomic E-state index is 12.2. The van der Waals surface area contributed by atoms with Crippen LogP contribution in [0.3, 0.4) is 0 Å². The summed E-state index contributed by atoms with van der Waals surface area (Å²) in [6.45, 7) is 0.334. The molecule has 4 heteroatoms. The number of hydrogen-bond donors (Lipinski definition) is 1. The highest BCUT2D eigenvalue weighted by molar-refractivity contribution is 5.67. The van der Waals surface area contributed by atoms with Crippen LogP contribution in [0.15, 0.2) is 30.3 Å².